The number of nitrogens with one attached hydrogen (secondary N) is 1. The van der Waals surface area contributed by atoms with Gasteiger partial charge in [-0.1, -0.05) is 0 Å². The molecule has 0 saturated carbocycles. The molecule has 5 nitrogen and oxygen atoms in total. The SMILES string of the molecule is CNCCCN(C)CC(O)COC(C)COC. The van der Waals surface area contributed by atoms with Gasteiger partial charge < -0.3 is 24.8 Å². The Hall–Kier alpha value is -0.200. The van der Waals surface area contributed by atoms with Crippen LogP contribution in [0.15, 0.2) is 0 Å². The molecule has 104 valence electrons. The first kappa shape index (κ1) is 16.8. The molecule has 2 N–H and O–H groups in total. The van der Waals surface area contributed by atoms with Gasteiger partial charge in [-0.2, -0.15) is 0 Å². The van der Waals surface area contributed by atoms with Crippen molar-refractivity contribution in [2.75, 3.05) is 54.1 Å². The molecule has 0 aromatic rings. The Labute approximate surface area is 105 Å². The molecule has 0 aliphatic rings. The molecule has 0 saturated heterocycles. The van der Waals surface area contributed by atoms with Gasteiger partial charge in [0.15, 0.2) is 0 Å². The highest BCUT2D eigenvalue weighted by Crippen LogP contribution is 1.96. The summed E-state index contributed by atoms with van der Waals surface area (Å²) >= 11 is 0. The molecule has 0 aromatic heterocycles. The van der Waals surface area contributed by atoms with E-state index in [-0.39, 0.29) is 6.10 Å². The van der Waals surface area contributed by atoms with E-state index < -0.39 is 6.10 Å². The monoisotopic (exact) mass is 248 g/mol. The highest BCUT2D eigenvalue weighted by molar-refractivity contribution is 4.62. The van der Waals surface area contributed by atoms with Crippen LogP contribution in [0.2, 0.25) is 0 Å². The van der Waals surface area contributed by atoms with Crippen LogP contribution in [-0.4, -0.2) is 76.3 Å². The predicted molar refractivity (Wildman–Crippen MR) is 69.3 cm³/mol. The third kappa shape index (κ3) is 10.7. The minimum atomic E-state index is -0.436. The highest BCUT2D eigenvalue weighted by atomic mass is 16.5. The standard InChI is InChI=1S/C12H28N2O3/c1-11(9-16-4)17-10-12(15)8-14(3)7-5-6-13-2/h11-13,15H,5-10H2,1-4H3. The first-order chi connectivity index (χ1) is 8.10. The van der Waals surface area contributed by atoms with Crippen molar-refractivity contribution in [2.24, 2.45) is 0 Å². The average molecular weight is 248 g/mol. The van der Waals surface area contributed by atoms with Crippen molar-refractivity contribution >= 4 is 0 Å². The lowest BCUT2D eigenvalue weighted by Crippen LogP contribution is -2.34. The first-order valence-corrected chi connectivity index (χ1v) is 6.21. The summed E-state index contributed by atoms with van der Waals surface area (Å²) in [5, 5.41) is 12.9. The third-order valence-corrected chi connectivity index (χ3v) is 2.46. The zero-order valence-corrected chi connectivity index (χ0v) is 11.6. The lowest BCUT2D eigenvalue weighted by atomic mass is 10.3. The van der Waals surface area contributed by atoms with Crippen molar-refractivity contribution in [3.8, 4) is 0 Å². The van der Waals surface area contributed by atoms with Crippen LogP contribution in [0.25, 0.3) is 0 Å². The third-order valence-electron chi connectivity index (χ3n) is 2.46. The van der Waals surface area contributed by atoms with Crippen LogP contribution in [0.5, 0.6) is 0 Å². The molecule has 0 bridgehead atoms. The molecule has 2 atom stereocenters. The van der Waals surface area contributed by atoms with Gasteiger partial charge >= 0.3 is 0 Å². The number of ether oxygens (including phenoxy) is 2. The van der Waals surface area contributed by atoms with E-state index in [2.05, 4.69) is 10.2 Å². The molecule has 5 heteroatoms. The summed E-state index contributed by atoms with van der Waals surface area (Å²) in [4.78, 5) is 2.12. The fourth-order valence-electron chi connectivity index (χ4n) is 1.59. The lowest BCUT2D eigenvalue weighted by molar-refractivity contribution is -0.0380. The largest absolute Gasteiger partial charge is 0.389 e. The summed E-state index contributed by atoms with van der Waals surface area (Å²) in [6, 6.07) is 0. The van der Waals surface area contributed by atoms with E-state index >= 15 is 0 Å². The number of likely N-dealkylation sites (N-methyl/N-ethyl adjacent to an activating group) is 1. The van der Waals surface area contributed by atoms with Crippen molar-refractivity contribution in [2.45, 2.75) is 25.6 Å². The number of hydrogen-bond acceptors (Lipinski definition) is 5. The van der Waals surface area contributed by atoms with Crippen LogP contribution >= 0.6 is 0 Å². The molecule has 0 radical (unpaired) electrons. The van der Waals surface area contributed by atoms with Crippen LogP contribution in [0, 0.1) is 0 Å². The number of methoxy groups -OCH3 is 1. The van der Waals surface area contributed by atoms with Gasteiger partial charge in [0, 0.05) is 13.7 Å². The number of hydrogen-bond donors (Lipinski definition) is 2. The molecule has 0 aliphatic heterocycles. The Morgan fingerprint density at radius 1 is 1.35 bits per heavy atom. The fraction of sp³-hybridized carbons (Fsp3) is 1.00. The summed E-state index contributed by atoms with van der Waals surface area (Å²) in [5.74, 6) is 0. The van der Waals surface area contributed by atoms with Crippen molar-refractivity contribution in [3.63, 3.8) is 0 Å². The van der Waals surface area contributed by atoms with Gasteiger partial charge in [-0.25, -0.2) is 0 Å². The molecule has 0 amide bonds. The maximum atomic E-state index is 9.77. The van der Waals surface area contributed by atoms with Crippen LogP contribution in [0.1, 0.15) is 13.3 Å². The number of nitrogens with zero attached hydrogens (tertiary/aromatic N) is 1. The van der Waals surface area contributed by atoms with Crippen LogP contribution in [-0.2, 0) is 9.47 Å². The van der Waals surface area contributed by atoms with Gasteiger partial charge in [-0.15, -0.1) is 0 Å². The van der Waals surface area contributed by atoms with Crippen molar-refractivity contribution < 1.29 is 14.6 Å². The number of aliphatic hydroxyl groups is 1. The topological polar surface area (TPSA) is 54.0 Å². The minimum Gasteiger partial charge on any atom is -0.389 e. The smallest absolute Gasteiger partial charge is 0.0900 e. The number of rotatable bonds is 11. The van der Waals surface area contributed by atoms with E-state index in [0.717, 1.165) is 19.5 Å². The quantitative estimate of drug-likeness (QED) is 0.502. The molecule has 0 aliphatic carbocycles. The Bertz CT molecular complexity index is 170. The average Bonchev–Trinajstić information content (AvgIpc) is 2.27. The fourth-order valence-corrected chi connectivity index (χ4v) is 1.59. The second-order valence-electron chi connectivity index (χ2n) is 4.47. The van der Waals surface area contributed by atoms with Crippen molar-refractivity contribution in [3.05, 3.63) is 0 Å². The van der Waals surface area contributed by atoms with Gasteiger partial charge in [0.25, 0.3) is 0 Å². The number of aliphatic hydroxyl groups excluding tert-OH is 1. The van der Waals surface area contributed by atoms with Crippen molar-refractivity contribution in [1.29, 1.82) is 0 Å². The Balaban J connectivity index is 3.52. The van der Waals surface area contributed by atoms with E-state index in [1.165, 1.54) is 0 Å². The Morgan fingerprint density at radius 2 is 2.06 bits per heavy atom. The summed E-state index contributed by atoms with van der Waals surface area (Å²) in [6.45, 7) is 5.48. The molecular formula is C12H28N2O3. The van der Waals surface area contributed by atoms with Crippen LogP contribution in [0.4, 0.5) is 0 Å². The molecule has 0 rings (SSSR count). The molecule has 0 spiro atoms. The summed E-state index contributed by atoms with van der Waals surface area (Å²) in [7, 11) is 5.60. The predicted octanol–water partition coefficient (Wildman–Crippen LogP) is -0.0599. The molecule has 0 heterocycles. The molecule has 0 aromatic carbocycles. The lowest BCUT2D eigenvalue weighted by Gasteiger charge is -2.21. The van der Waals surface area contributed by atoms with E-state index in [1.54, 1.807) is 7.11 Å². The maximum Gasteiger partial charge on any atom is 0.0900 e. The molecular weight excluding hydrogens is 220 g/mol. The minimum absolute atomic E-state index is 0.0317. The van der Waals surface area contributed by atoms with Gasteiger partial charge in [0.2, 0.25) is 0 Å². The zero-order valence-electron chi connectivity index (χ0n) is 11.6. The van der Waals surface area contributed by atoms with E-state index in [4.69, 9.17) is 9.47 Å². The Morgan fingerprint density at radius 3 is 2.65 bits per heavy atom. The van der Waals surface area contributed by atoms with Gasteiger partial charge in [-0.3, -0.25) is 0 Å². The second-order valence-corrected chi connectivity index (χ2v) is 4.47. The van der Waals surface area contributed by atoms with E-state index in [9.17, 15) is 5.11 Å². The molecule has 2 unspecified atom stereocenters. The normalized spacial score (nSPS) is 15.2. The van der Waals surface area contributed by atoms with Crippen LogP contribution < -0.4 is 5.32 Å². The van der Waals surface area contributed by atoms with Gasteiger partial charge in [-0.05, 0) is 40.5 Å². The van der Waals surface area contributed by atoms with E-state index in [1.807, 2.05) is 21.0 Å². The Kier molecular flexibility index (Phi) is 10.8. The van der Waals surface area contributed by atoms with Gasteiger partial charge in [0.05, 0.1) is 25.4 Å². The summed E-state index contributed by atoms with van der Waals surface area (Å²) in [5.41, 5.74) is 0. The van der Waals surface area contributed by atoms with Crippen LogP contribution in [0.3, 0.4) is 0 Å². The van der Waals surface area contributed by atoms with Crippen molar-refractivity contribution in [1.82, 2.24) is 10.2 Å². The first-order valence-electron chi connectivity index (χ1n) is 6.21. The summed E-state index contributed by atoms with van der Waals surface area (Å²) < 4.78 is 10.4. The second kappa shape index (κ2) is 10.9. The highest BCUT2D eigenvalue weighted by Gasteiger charge is 2.10. The summed E-state index contributed by atoms with van der Waals surface area (Å²) in [6.07, 6.45) is 0.679. The van der Waals surface area contributed by atoms with E-state index in [0.29, 0.717) is 19.8 Å². The zero-order chi connectivity index (χ0) is 13.1. The van der Waals surface area contributed by atoms with Gasteiger partial charge in [0.1, 0.15) is 0 Å². The molecule has 0 fully saturated rings. The molecule has 17 heavy (non-hydrogen) atoms. The maximum absolute atomic E-state index is 9.77.